The normalized spacial score (nSPS) is 15.2. The molecule has 0 spiro atoms. The van der Waals surface area contributed by atoms with Crippen LogP contribution in [-0.2, 0) is 14.3 Å². The lowest BCUT2D eigenvalue weighted by Gasteiger charge is -2.21. The van der Waals surface area contributed by atoms with Gasteiger partial charge >= 0.3 is 5.97 Å². The number of thioether (sulfide) groups is 1. The molecule has 128 valence electrons. The van der Waals surface area contributed by atoms with Gasteiger partial charge in [0, 0.05) is 20.1 Å². The third-order valence-electron chi connectivity index (χ3n) is 3.51. The molecule has 2 rings (SSSR count). The lowest BCUT2D eigenvalue weighted by atomic mass is 9.96. The number of hydrogen-bond acceptors (Lipinski definition) is 8. The molecule has 0 bridgehead atoms. The molecule has 1 aliphatic carbocycles. The van der Waals surface area contributed by atoms with Crippen LogP contribution >= 0.6 is 23.1 Å². The summed E-state index contributed by atoms with van der Waals surface area (Å²) in [5, 5.41) is 12.4. The van der Waals surface area contributed by atoms with Crippen molar-refractivity contribution < 1.29 is 14.3 Å². The van der Waals surface area contributed by atoms with Gasteiger partial charge in [-0.2, -0.15) is 0 Å². The summed E-state index contributed by atoms with van der Waals surface area (Å²) in [7, 11) is 3.24. The number of likely N-dealkylation sites (N-methyl/N-ethyl adjacent to an activating group) is 1. The lowest BCUT2D eigenvalue weighted by molar-refractivity contribution is -0.148. The molecule has 1 aromatic heterocycles. The Kier molecular flexibility index (Phi) is 7.10. The highest BCUT2D eigenvalue weighted by Crippen LogP contribution is 2.28. The van der Waals surface area contributed by atoms with Crippen molar-refractivity contribution in [2.24, 2.45) is 0 Å². The number of nitrogens with zero attached hydrogens (tertiary/aromatic N) is 3. The van der Waals surface area contributed by atoms with E-state index in [1.165, 1.54) is 60.1 Å². The van der Waals surface area contributed by atoms with Gasteiger partial charge in [-0.25, -0.2) is 0 Å². The van der Waals surface area contributed by atoms with Gasteiger partial charge in [-0.3, -0.25) is 9.59 Å². The molecule has 1 aliphatic rings. The Morgan fingerprint density at radius 2 is 2.04 bits per heavy atom. The number of esters is 1. The second kappa shape index (κ2) is 9.07. The van der Waals surface area contributed by atoms with E-state index < -0.39 is 5.97 Å². The van der Waals surface area contributed by atoms with Gasteiger partial charge in [0.2, 0.25) is 5.13 Å². The first kappa shape index (κ1) is 18.0. The highest BCUT2D eigenvalue weighted by atomic mass is 32.2. The van der Waals surface area contributed by atoms with E-state index >= 15 is 0 Å². The largest absolute Gasteiger partial charge is 0.455 e. The van der Waals surface area contributed by atoms with E-state index in [2.05, 4.69) is 15.5 Å². The van der Waals surface area contributed by atoms with E-state index in [0.29, 0.717) is 6.04 Å². The number of rotatable bonds is 7. The Labute approximate surface area is 144 Å². The molecule has 1 amide bonds. The molecule has 0 saturated heterocycles. The molecular weight excluding hydrogens is 336 g/mol. The van der Waals surface area contributed by atoms with Gasteiger partial charge in [-0.1, -0.05) is 42.4 Å². The van der Waals surface area contributed by atoms with Crippen molar-refractivity contribution in [3.8, 4) is 0 Å². The van der Waals surface area contributed by atoms with Gasteiger partial charge < -0.3 is 15.0 Å². The van der Waals surface area contributed by atoms with E-state index in [-0.39, 0.29) is 18.3 Å². The van der Waals surface area contributed by atoms with E-state index in [4.69, 9.17) is 4.74 Å². The predicted octanol–water partition coefficient (Wildman–Crippen LogP) is 2.01. The molecular formula is C14H22N4O3S2. The maximum Gasteiger partial charge on any atom is 0.316 e. The molecule has 0 unspecified atom stereocenters. The molecule has 9 heteroatoms. The second-order valence-corrected chi connectivity index (χ2v) is 7.79. The van der Waals surface area contributed by atoms with E-state index in [1.807, 2.05) is 0 Å². The molecule has 1 aromatic rings. The number of amides is 1. The first-order valence-electron chi connectivity index (χ1n) is 7.63. The third-order valence-corrected chi connectivity index (χ3v) is 5.47. The minimum atomic E-state index is -0.429. The van der Waals surface area contributed by atoms with Crippen molar-refractivity contribution in [1.82, 2.24) is 15.1 Å². The molecule has 7 nitrogen and oxygen atoms in total. The van der Waals surface area contributed by atoms with Gasteiger partial charge in [0.25, 0.3) is 5.91 Å². The zero-order valence-electron chi connectivity index (χ0n) is 13.4. The van der Waals surface area contributed by atoms with Crippen LogP contribution in [0.1, 0.15) is 32.1 Å². The number of carbonyl (C=O) groups excluding carboxylic acids is 2. The van der Waals surface area contributed by atoms with Crippen molar-refractivity contribution in [3.63, 3.8) is 0 Å². The van der Waals surface area contributed by atoms with E-state index in [9.17, 15) is 9.59 Å². The van der Waals surface area contributed by atoms with Crippen LogP contribution < -0.4 is 5.32 Å². The molecule has 0 radical (unpaired) electrons. The Morgan fingerprint density at radius 3 is 2.74 bits per heavy atom. The SMILES string of the molecule is CN(C)C(=O)COC(=O)CSc1nnc(NC2CCCCC2)s1. The lowest BCUT2D eigenvalue weighted by Crippen LogP contribution is -2.27. The topological polar surface area (TPSA) is 84.4 Å². The summed E-state index contributed by atoms with van der Waals surface area (Å²) in [6.07, 6.45) is 6.18. The number of hydrogen-bond donors (Lipinski definition) is 1. The van der Waals surface area contributed by atoms with Crippen molar-refractivity contribution in [2.75, 3.05) is 31.8 Å². The smallest absolute Gasteiger partial charge is 0.316 e. The molecule has 1 N–H and O–H groups in total. The summed E-state index contributed by atoms with van der Waals surface area (Å²) < 4.78 is 5.63. The highest BCUT2D eigenvalue weighted by Gasteiger charge is 2.16. The zero-order chi connectivity index (χ0) is 16.7. The van der Waals surface area contributed by atoms with Gasteiger partial charge in [-0.15, -0.1) is 10.2 Å². The van der Waals surface area contributed by atoms with E-state index in [1.54, 1.807) is 14.1 Å². The first-order chi connectivity index (χ1) is 11.0. The summed E-state index contributed by atoms with van der Waals surface area (Å²) in [5.41, 5.74) is 0. The summed E-state index contributed by atoms with van der Waals surface area (Å²) in [6, 6.07) is 0.483. The van der Waals surface area contributed by atoms with Crippen LogP contribution in [0.5, 0.6) is 0 Å². The van der Waals surface area contributed by atoms with Crippen LogP contribution in [0.15, 0.2) is 4.34 Å². The Hall–Kier alpha value is -1.35. The zero-order valence-corrected chi connectivity index (χ0v) is 15.0. The van der Waals surface area contributed by atoms with Crippen LogP contribution in [0.4, 0.5) is 5.13 Å². The van der Waals surface area contributed by atoms with Crippen molar-refractivity contribution in [1.29, 1.82) is 0 Å². The summed E-state index contributed by atoms with van der Waals surface area (Å²) in [5.74, 6) is -0.542. The standard InChI is InChI=1S/C14H22N4O3S2/c1-18(2)11(19)8-21-12(20)9-22-14-17-16-13(23-14)15-10-6-4-3-5-7-10/h10H,3-9H2,1-2H3,(H,15,16). The summed E-state index contributed by atoms with van der Waals surface area (Å²) >= 11 is 2.72. The second-order valence-electron chi connectivity index (χ2n) is 5.59. The number of ether oxygens (including phenoxy) is 1. The van der Waals surface area contributed by atoms with Gasteiger partial charge in [0.05, 0.1) is 5.75 Å². The quantitative estimate of drug-likeness (QED) is 0.589. The van der Waals surface area contributed by atoms with Crippen LogP contribution in [-0.4, -0.2) is 59.5 Å². The van der Waals surface area contributed by atoms with Crippen LogP contribution in [0.25, 0.3) is 0 Å². The molecule has 0 aliphatic heterocycles. The maximum absolute atomic E-state index is 11.6. The third kappa shape index (κ3) is 6.34. The number of nitrogens with one attached hydrogen (secondary N) is 1. The molecule has 0 aromatic carbocycles. The minimum absolute atomic E-state index is 0.124. The molecule has 0 atom stereocenters. The average Bonchev–Trinajstić information content (AvgIpc) is 2.99. The Morgan fingerprint density at radius 1 is 1.30 bits per heavy atom. The van der Waals surface area contributed by atoms with Crippen LogP contribution in [0.2, 0.25) is 0 Å². The van der Waals surface area contributed by atoms with Gasteiger partial charge in [0.1, 0.15) is 0 Å². The van der Waals surface area contributed by atoms with Crippen molar-refractivity contribution in [2.45, 2.75) is 42.5 Å². The molecule has 23 heavy (non-hydrogen) atoms. The Balaban J connectivity index is 1.69. The fourth-order valence-corrected chi connectivity index (χ4v) is 3.81. The minimum Gasteiger partial charge on any atom is -0.455 e. The molecule has 1 saturated carbocycles. The van der Waals surface area contributed by atoms with Crippen LogP contribution in [0.3, 0.4) is 0 Å². The van der Waals surface area contributed by atoms with Gasteiger partial charge in [-0.05, 0) is 12.8 Å². The summed E-state index contributed by atoms with van der Waals surface area (Å²) in [6.45, 7) is -0.225. The van der Waals surface area contributed by atoms with Gasteiger partial charge in [0.15, 0.2) is 10.9 Å². The fourth-order valence-electron chi connectivity index (χ4n) is 2.18. The van der Waals surface area contributed by atoms with Crippen molar-refractivity contribution >= 4 is 40.1 Å². The first-order valence-corrected chi connectivity index (χ1v) is 9.43. The predicted molar refractivity (Wildman–Crippen MR) is 90.8 cm³/mol. The molecule has 1 fully saturated rings. The van der Waals surface area contributed by atoms with Crippen LogP contribution in [0, 0.1) is 0 Å². The Bertz CT molecular complexity index is 530. The van der Waals surface area contributed by atoms with Crippen molar-refractivity contribution in [3.05, 3.63) is 0 Å². The average molecular weight is 358 g/mol. The number of carbonyl (C=O) groups is 2. The fraction of sp³-hybridized carbons (Fsp3) is 0.714. The molecule has 1 heterocycles. The maximum atomic E-state index is 11.6. The highest BCUT2D eigenvalue weighted by molar-refractivity contribution is 8.01. The number of anilines is 1. The van der Waals surface area contributed by atoms with E-state index in [0.717, 1.165) is 9.47 Å². The number of aromatic nitrogens is 2. The summed E-state index contributed by atoms with van der Waals surface area (Å²) in [4.78, 5) is 24.3. The monoisotopic (exact) mass is 358 g/mol.